The monoisotopic (exact) mass is 312 g/mol. The fourth-order valence-corrected chi connectivity index (χ4v) is 2.88. The maximum atomic E-state index is 12.9. The van der Waals surface area contributed by atoms with Gasteiger partial charge in [0, 0.05) is 16.2 Å². The van der Waals surface area contributed by atoms with Crippen molar-refractivity contribution in [3.8, 4) is 0 Å². The summed E-state index contributed by atoms with van der Waals surface area (Å²) in [6.07, 6.45) is -4.40. The molecule has 2 N–H and O–H groups in total. The van der Waals surface area contributed by atoms with Gasteiger partial charge in [-0.2, -0.15) is 13.2 Å². The molecular formula is C18H11F3N2. The maximum Gasteiger partial charge on any atom is 0.416 e. The predicted molar refractivity (Wildman–Crippen MR) is 86.2 cm³/mol. The van der Waals surface area contributed by atoms with Gasteiger partial charge in [0.05, 0.1) is 22.3 Å². The molecule has 0 aliphatic rings. The molecule has 0 aliphatic heterocycles. The van der Waals surface area contributed by atoms with Crippen molar-refractivity contribution >= 4 is 38.3 Å². The van der Waals surface area contributed by atoms with Crippen LogP contribution >= 0.6 is 0 Å². The zero-order chi connectivity index (χ0) is 16.2. The van der Waals surface area contributed by atoms with Crippen molar-refractivity contribution in [3.05, 3.63) is 60.2 Å². The van der Waals surface area contributed by atoms with E-state index in [-0.39, 0.29) is 0 Å². The van der Waals surface area contributed by atoms with Crippen LogP contribution in [0.2, 0.25) is 0 Å². The lowest BCUT2D eigenvalue weighted by atomic mass is 10.0. The Kier molecular flexibility index (Phi) is 2.75. The van der Waals surface area contributed by atoms with Crippen molar-refractivity contribution in [2.24, 2.45) is 0 Å². The zero-order valence-corrected chi connectivity index (χ0v) is 11.9. The van der Waals surface area contributed by atoms with E-state index >= 15 is 0 Å². The second-order valence-electron chi connectivity index (χ2n) is 5.44. The second-order valence-corrected chi connectivity index (χ2v) is 5.44. The van der Waals surface area contributed by atoms with Crippen LogP contribution < -0.4 is 5.73 Å². The number of nitrogens with zero attached hydrogens (tertiary/aromatic N) is 1. The summed E-state index contributed by atoms with van der Waals surface area (Å²) in [5.41, 5.74) is 6.91. The van der Waals surface area contributed by atoms with Gasteiger partial charge in [-0.05, 0) is 23.6 Å². The number of aromatic nitrogens is 1. The van der Waals surface area contributed by atoms with E-state index in [4.69, 9.17) is 5.73 Å². The molecule has 4 aromatic rings. The summed E-state index contributed by atoms with van der Waals surface area (Å²) in [5.74, 6) is 0. The number of hydrogen-bond acceptors (Lipinski definition) is 2. The minimum atomic E-state index is -4.40. The molecule has 0 spiro atoms. The molecule has 114 valence electrons. The standard InChI is InChI=1S/C18H11F3N2/c19-18(20,21)11-6-8-15-14(9-11)16(22)13-7-5-10-3-1-2-4-12(10)17(13)23-15/h1-9H,(H2,22,23). The first kappa shape index (κ1) is 13.8. The Morgan fingerprint density at radius 1 is 0.826 bits per heavy atom. The molecule has 0 amide bonds. The number of benzene rings is 3. The molecule has 0 fully saturated rings. The second kappa shape index (κ2) is 4.59. The highest BCUT2D eigenvalue weighted by atomic mass is 19.4. The van der Waals surface area contributed by atoms with Crippen molar-refractivity contribution in [2.75, 3.05) is 5.73 Å². The molecule has 1 heterocycles. The first-order valence-electron chi connectivity index (χ1n) is 7.03. The lowest BCUT2D eigenvalue weighted by molar-refractivity contribution is -0.137. The summed E-state index contributed by atoms with van der Waals surface area (Å²) >= 11 is 0. The number of nitrogen functional groups attached to an aromatic ring is 1. The lowest BCUT2D eigenvalue weighted by Crippen LogP contribution is -2.05. The third-order valence-corrected chi connectivity index (χ3v) is 4.04. The summed E-state index contributed by atoms with van der Waals surface area (Å²) in [6.45, 7) is 0. The van der Waals surface area contributed by atoms with E-state index in [1.54, 1.807) is 6.07 Å². The van der Waals surface area contributed by atoms with E-state index in [9.17, 15) is 13.2 Å². The zero-order valence-electron chi connectivity index (χ0n) is 11.9. The molecule has 2 nitrogen and oxygen atoms in total. The van der Waals surface area contributed by atoms with Gasteiger partial charge >= 0.3 is 6.18 Å². The van der Waals surface area contributed by atoms with Gasteiger partial charge < -0.3 is 5.73 Å². The van der Waals surface area contributed by atoms with Crippen LogP contribution in [0.25, 0.3) is 32.6 Å². The summed E-state index contributed by atoms with van der Waals surface area (Å²) in [7, 11) is 0. The number of anilines is 1. The number of rotatable bonds is 0. The summed E-state index contributed by atoms with van der Waals surface area (Å²) in [6, 6.07) is 14.9. The quantitative estimate of drug-likeness (QED) is 0.360. The maximum absolute atomic E-state index is 12.9. The van der Waals surface area contributed by atoms with Crippen molar-refractivity contribution in [1.82, 2.24) is 4.98 Å². The minimum Gasteiger partial charge on any atom is -0.398 e. The summed E-state index contributed by atoms with van der Waals surface area (Å²) in [4.78, 5) is 4.54. The summed E-state index contributed by atoms with van der Waals surface area (Å²) < 4.78 is 38.7. The number of alkyl halides is 3. The number of pyridine rings is 1. The van der Waals surface area contributed by atoms with Crippen LogP contribution in [0.15, 0.2) is 54.6 Å². The smallest absolute Gasteiger partial charge is 0.398 e. The van der Waals surface area contributed by atoms with E-state index in [2.05, 4.69) is 4.98 Å². The first-order chi connectivity index (χ1) is 10.9. The Balaban J connectivity index is 2.14. The molecule has 0 aliphatic carbocycles. The molecule has 3 aromatic carbocycles. The SMILES string of the molecule is Nc1c2cc(C(F)(F)F)ccc2nc2c1ccc1ccccc12. The van der Waals surface area contributed by atoms with Crippen LogP contribution in [0.3, 0.4) is 0 Å². The van der Waals surface area contributed by atoms with E-state index in [0.717, 1.165) is 22.9 Å². The van der Waals surface area contributed by atoms with Crippen molar-refractivity contribution < 1.29 is 13.2 Å². The van der Waals surface area contributed by atoms with Crippen molar-refractivity contribution in [3.63, 3.8) is 0 Å². The lowest BCUT2D eigenvalue weighted by Gasteiger charge is -2.12. The van der Waals surface area contributed by atoms with E-state index in [1.807, 2.05) is 30.3 Å². The molecule has 1 aromatic heterocycles. The predicted octanol–water partition coefficient (Wildman–Crippen LogP) is 5.14. The third-order valence-electron chi connectivity index (χ3n) is 4.04. The van der Waals surface area contributed by atoms with Crippen LogP contribution in [0, 0.1) is 0 Å². The van der Waals surface area contributed by atoms with Gasteiger partial charge in [0.25, 0.3) is 0 Å². The Morgan fingerprint density at radius 2 is 1.61 bits per heavy atom. The van der Waals surface area contributed by atoms with E-state index < -0.39 is 11.7 Å². The van der Waals surface area contributed by atoms with E-state index in [0.29, 0.717) is 27.5 Å². The molecule has 0 bridgehead atoms. The fourth-order valence-electron chi connectivity index (χ4n) is 2.88. The molecular weight excluding hydrogens is 301 g/mol. The van der Waals surface area contributed by atoms with Gasteiger partial charge in [0.1, 0.15) is 0 Å². The highest BCUT2D eigenvalue weighted by molar-refractivity contribution is 6.15. The number of fused-ring (bicyclic) bond motifs is 4. The molecule has 23 heavy (non-hydrogen) atoms. The fraction of sp³-hybridized carbons (Fsp3) is 0.0556. The Labute approximate surface area is 129 Å². The molecule has 0 atom stereocenters. The van der Waals surface area contributed by atoms with Crippen LogP contribution in [-0.4, -0.2) is 4.98 Å². The van der Waals surface area contributed by atoms with Gasteiger partial charge in [-0.1, -0.05) is 36.4 Å². The molecule has 0 unspecified atom stereocenters. The molecule has 0 saturated carbocycles. The average Bonchev–Trinajstić information content (AvgIpc) is 2.54. The highest BCUT2D eigenvalue weighted by Crippen LogP contribution is 2.36. The van der Waals surface area contributed by atoms with Crippen LogP contribution in [0.1, 0.15) is 5.56 Å². The van der Waals surface area contributed by atoms with Gasteiger partial charge in [0.2, 0.25) is 0 Å². The van der Waals surface area contributed by atoms with Crippen LogP contribution in [0.4, 0.5) is 18.9 Å². The normalized spacial score (nSPS) is 12.3. The Bertz CT molecular complexity index is 1070. The molecule has 4 rings (SSSR count). The molecule has 5 heteroatoms. The van der Waals surface area contributed by atoms with Crippen molar-refractivity contribution in [2.45, 2.75) is 6.18 Å². The third kappa shape index (κ3) is 2.08. The average molecular weight is 312 g/mol. The highest BCUT2D eigenvalue weighted by Gasteiger charge is 2.30. The van der Waals surface area contributed by atoms with E-state index in [1.165, 1.54) is 6.07 Å². The first-order valence-corrected chi connectivity index (χ1v) is 7.03. The number of nitrogens with two attached hydrogens (primary N) is 1. The van der Waals surface area contributed by atoms with Crippen LogP contribution in [0.5, 0.6) is 0 Å². The van der Waals surface area contributed by atoms with Gasteiger partial charge in [-0.25, -0.2) is 4.98 Å². The Morgan fingerprint density at radius 3 is 2.39 bits per heavy atom. The number of hydrogen-bond donors (Lipinski definition) is 1. The molecule has 0 radical (unpaired) electrons. The van der Waals surface area contributed by atoms with Gasteiger partial charge in [0.15, 0.2) is 0 Å². The minimum absolute atomic E-state index is 0.321. The number of halogens is 3. The molecule has 0 saturated heterocycles. The van der Waals surface area contributed by atoms with Gasteiger partial charge in [-0.3, -0.25) is 0 Å². The van der Waals surface area contributed by atoms with Crippen LogP contribution in [-0.2, 0) is 6.18 Å². The topological polar surface area (TPSA) is 38.9 Å². The van der Waals surface area contributed by atoms with Crippen molar-refractivity contribution in [1.29, 1.82) is 0 Å². The largest absolute Gasteiger partial charge is 0.416 e. The Hall–Kier alpha value is -2.82. The van der Waals surface area contributed by atoms with Gasteiger partial charge in [-0.15, -0.1) is 0 Å². The summed E-state index contributed by atoms with van der Waals surface area (Å²) in [5, 5.41) is 2.93.